The van der Waals surface area contributed by atoms with Gasteiger partial charge in [0.1, 0.15) is 36.1 Å². The predicted octanol–water partition coefficient (Wildman–Crippen LogP) is 1.51. The second kappa shape index (κ2) is 11.6. The number of aromatic hydroxyl groups is 2. The number of Topliss-reactive ketones (excluding diaryl/α,β-unsaturated/α-hetero) is 1. The molecule has 0 aromatic heterocycles. The average Bonchev–Trinajstić information content (AvgIpc) is 3.56. The first kappa shape index (κ1) is 30.2. The zero-order valence-electron chi connectivity index (χ0n) is 24.3. The number of ether oxygens (including phenoxy) is 3. The molecule has 2 aromatic rings. The smallest absolute Gasteiger partial charge is 0.202 e. The van der Waals surface area contributed by atoms with Crippen molar-refractivity contribution in [2.24, 2.45) is 5.92 Å². The maximum atomic E-state index is 13.8. The fourth-order valence-corrected chi connectivity index (χ4v) is 7.04. The van der Waals surface area contributed by atoms with E-state index < -0.39 is 77.6 Å². The topological polar surface area (TPSA) is 183 Å². The summed E-state index contributed by atoms with van der Waals surface area (Å²) in [4.78, 5) is 41.9. The summed E-state index contributed by atoms with van der Waals surface area (Å²) in [7, 11) is 1.35. The maximum absolute atomic E-state index is 13.8. The molecule has 0 saturated carbocycles. The van der Waals surface area contributed by atoms with Crippen molar-refractivity contribution in [2.75, 3.05) is 20.3 Å². The molecular formula is C32H35NO11. The minimum Gasteiger partial charge on any atom is -0.507 e. The molecule has 2 aliphatic carbocycles. The molecule has 2 aromatic carbocycles. The molecule has 2 heterocycles. The number of hydrogen-bond acceptors (Lipinski definition) is 12. The lowest BCUT2D eigenvalue weighted by Gasteiger charge is -2.44. The van der Waals surface area contributed by atoms with Crippen LogP contribution in [-0.4, -0.2) is 98.7 Å². The lowest BCUT2D eigenvalue weighted by Crippen LogP contribution is -2.54. The van der Waals surface area contributed by atoms with E-state index in [2.05, 4.69) is 0 Å². The van der Waals surface area contributed by atoms with Crippen LogP contribution in [0, 0.1) is 5.92 Å². The molecule has 0 amide bonds. The standard InChI is InChI=1S/C32H35NO11/c1-14-27(36)18(33-8-3-4-9-33)12-22(43-14)44-21-11-15(28(37)19(35)13-34)10-17-24(21)32(41)26-25(30(17)39)29(38)16-6-5-7-20(42-2)23(16)31(26)40/h3,5-8,14-15,18,21-22,27-28,34,36-37,39,41H,4,9-13H2,1-2H3/t14?,15?,18?,21-,22?,27?,28+/m0/s1. The summed E-state index contributed by atoms with van der Waals surface area (Å²) in [5.74, 6) is -4.11. The van der Waals surface area contributed by atoms with Crippen LogP contribution < -0.4 is 4.74 Å². The summed E-state index contributed by atoms with van der Waals surface area (Å²) in [6, 6.07) is 4.14. The number of nitrogens with zero attached hydrogens (tertiary/aromatic N) is 1. The number of methoxy groups -OCH3 is 1. The summed E-state index contributed by atoms with van der Waals surface area (Å²) in [6.45, 7) is 1.52. The lowest BCUT2D eigenvalue weighted by atomic mass is 9.73. The zero-order chi connectivity index (χ0) is 31.4. The van der Waals surface area contributed by atoms with Crippen molar-refractivity contribution in [3.63, 3.8) is 0 Å². The van der Waals surface area contributed by atoms with Gasteiger partial charge in [-0.1, -0.05) is 18.2 Å². The SMILES string of the molecule is COc1cccc2c1C(=O)c1c(O)c3c(c(O)c1C2=O)CC([C@@H](O)C(=O)CO)C[C@@H]3OC1CC(N2C=CCC2)C(O)C(C)O1. The molecule has 0 spiro atoms. The molecule has 6 rings (SSSR count). The molecule has 0 bridgehead atoms. The molecule has 12 nitrogen and oxygen atoms in total. The van der Waals surface area contributed by atoms with Crippen molar-refractivity contribution in [3.05, 3.63) is 63.9 Å². The van der Waals surface area contributed by atoms with Crippen molar-refractivity contribution in [1.29, 1.82) is 0 Å². The Morgan fingerprint density at radius 3 is 2.55 bits per heavy atom. The molecule has 1 fully saturated rings. The third-order valence-electron chi connectivity index (χ3n) is 9.27. The third kappa shape index (κ3) is 4.77. The Morgan fingerprint density at radius 1 is 1.11 bits per heavy atom. The Balaban J connectivity index is 1.45. The first-order valence-corrected chi connectivity index (χ1v) is 14.7. The molecule has 12 heteroatoms. The van der Waals surface area contributed by atoms with Crippen molar-refractivity contribution >= 4 is 17.3 Å². The van der Waals surface area contributed by atoms with Crippen LogP contribution in [0.2, 0.25) is 0 Å². The Kier molecular flexibility index (Phi) is 7.97. The highest BCUT2D eigenvalue weighted by Crippen LogP contribution is 2.52. The highest BCUT2D eigenvalue weighted by atomic mass is 16.7. The number of rotatable bonds is 7. The van der Waals surface area contributed by atoms with Crippen molar-refractivity contribution < 1.29 is 54.1 Å². The fraction of sp³-hybridized carbons (Fsp3) is 0.469. The average molecular weight is 610 g/mol. The molecule has 0 radical (unpaired) electrons. The molecule has 1 saturated heterocycles. The van der Waals surface area contributed by atoms with Gasteiger partial charge in [-0.2, -0.15) is 0 Å². The number of fused-ring (bicyclic) bond motifs is 3. The predicted molar refractivity (Wildman–Crippen MR) is 153 cm³/mol. The van der Waals surface area contributed by atoms with E-state index in [0.717, 1.165) is 6.42 Å². The van der Waals surface area contributed by atoms with Gasteiger partial charge in [0.05, 0.1) is 42.0 Å². The molecule has 4 aliphatic rings. The molecule has 2 aliphatic heterocycles. The maximum Gasteiger partial charge on any atom is 0.202 e. The quantitative estimate of drug-likeness (QED) is 0.244. The largest absolute Gasteiger partial charge is 0.507 e. The Hall–Kier alpha value is -3.81. The van der Waals surface area contributed by atoms with E-state index in [0.29, 0.717) is 6.54 Å². The van der Waals surface area contributed by atoms with Gasteiger partial charge in [-0.3, -0.25) is 14.4 Å². The van der Waals surface area contributed by atoms with Gasteiger partial charge in [0.25, 0.3) is 0 Å². The second-order valence-corrected chi connectivity index (χ2v) is 11.8. The monoisotopic (exact) mass is 609 g/mol. The van der Waals surface area contributed by atoms with Gasteiger partial charge >= 0.3 is 0 Å². The van der Waals surface area contributed by atoms with E-state index in [1.165, 1.54) is 25.3 Å². The molecular weight excluding hydrogens is 574 g/mol. The number of hydrogen-bond donors (Lipinski definition) is 5. The van der Waals surface area contributed by atoms with Gasteiger partial charge in [-0.05, 0) is 44.4 Å². The van der Waals surface area contributed by atoms with Crippen LogP contribution in [0.5, 0.6) is 17.2 Å². The molecule has 7 atom stereocenters. The van der Waals surface area contributed by atoms with Gasteiger partial charge in [0, 0.05) is 29.7 Å². The number of phenols is 2. The first-order valence-electron chi connectivity index (χ1n) is 14.7. The van der Waals surface area contributed by atoms with E-state index >= 15 is 0 Å². The Morgan fingerprint density at radius 2 is 1.86 bits per heavy atom. The molecule has 5 N–H and O–H groups in total. The van der Waals surface area contributed by atoms with Gasteiger partial charge in [0.2, 0.25) is 5.78 Å². The van der Waals surface area contributed by atoms with E-state index in [9.17, 15) is 39.9 Å². The van der Waals surface area contributed by atoms with Crippen molar-refractivity contribution in [1.82, 2.24) is 4.90 Å². The minimum absolute atomic E-state index is 0.00249. The summed E-state index contributed by atoms with van der Waals surface area (Å²) in [5, 5.41) is 54.4. The van der Waals surface area contributed by atoms with E-state index in [-0.39, 0.29) is 58.9 Å². The number of aliphatic hydroxyl groups is 3. The van der Waals surface area contributed by atoms with Crippen LogP contribution in [0.25, 0.3) is 0 Å². The van der Waals surface area contributed by atoms with Crippen LogP contribution in [0.15, 0.2) is 30.5 Å². The van der Waals surface area contributed by atoms with Crippen molar-refractivity contribution in [2.45, 2.75) is 69.4 Å². The summed E-state index contributed by atoms with van der Waals surface area (Å²) >= 11 is 0. The molecule has 5 unspecified atom stereocenters. The van der Waals surface area contributed by atoms with Gasteiger partial charge in [-0.15, -0.1) is 0 Å². The summed E-state index contributed by atoms with van der Waals surface area (Å²) < 4.78 is 17.7. The first-order chi connectivity index (χ1) is 21.1. The van der Waals surface area contributed by atoms with E-state index in [4.69, 9.17) is 14.2 Å². The second-order valence-electron chi connectivity index (χ2n) is 11.8. The van der Waals surface area contributed by atoms with Crippen LogP contribution in [0.1, 0.15) is 75.3 Å². The molecule has 234 valence electrons. The minimum atomic E-state index is -1.63. The van der Waals surface area contributed by atoms with Gasteiger partial charge in [-0.25, -0.2) is 0 Å². The van der Waals surface area contributed by atoms with Crippen LogP contribution in [0.4, 0.5) is 0 Å². The highest BCUT2D eigenvalue weighted by molar-refractivity contribution is 6.31. The summed E-state index contributed by atoms with van der Waals surface area (Å²) in [5.41, 5.74) is -0.741. The molecule has 44 heavy (non-hydrogen) atoms. The number of aliphatic hydroxyl groups excluding tert-OH is 3. The number of benzene rings is 2. The number of phenolic OH excluding ortho intramolecular Hbond substituents is 2. The van der Waals surface area contributed by atoms with Crippen LogP contribution in [-0.2, 0) is 20.7 Å². The summed E-state index contributed by atoms with van der Waals surface area (Å²) in [6.07, 6.45) is -0.289. The van der Waals surface area contributed by atoms with Crippen LogP contribution >= 0.6 is 0 Å². The van der Waals surface area contributed by atoms with Crippen LogP contribution in [0.3, 0.4) is 0 Å². The normalized spacial score (nSPS) is 28.3. The van der Waals surface area contributed by atoms with Gasteiger partial charge < -0.3 is 44.6 Å². The van der Waals surface area contributed by atoms with E-state index in [1.807, 2.05) is 17.2 Å². The number of carbonyl (C=O) groups excluding carboxylic acids is 3. The number of ketones is 3. The van der Waals surface area contributed by atoms with E-state index in [1.54, 1.807) is 6.92 Å². The fourth-order valence-electron chi connectivity index (χ4n) is 7.04. The Bertz CT molecular complexity index is 1550. The lowest BCUT2D eigenvalue weighted by molar-refractivity contribution is -0.253. The third-order valence-corrected chi connectivity index (χ3v) is 9.27. The number of carbonyl (C=O) groups is 3. The highest BCUT2D eigenvalue weighted by Gasteiger charge is 2.46. The van der Waals surface area contributed by atoms with Gasteiger partial charge in [0.15, 0.2) is 17.9 Å². The Labute approximate surface area is 253 Å². The zero-order valence-corrected chi connectivity index (χ0v) is 24.3. The van der Waals surface area contributed by atoms with Crippen molar-refractivity contribution in [3.8, 4) is 17.2 Å².